The Morgan fingerprint density at radius 3 is 1.78 bits per heavy atom. The van der Waals surface area contributed by atoms with Crippen molar-refractivity contribution < 1.29 is 86.1 Å². The number of carbonyl (C=O) groups is 10. The number of nitrogens with one attached hydrogen (secondary N) is 3. The number of phosphoric acid groups is 1. The maximum Gasteiger partial charge on any atom is 0.469 e. The molecular formula is C49H75N6O18P. The second-order valence-electron chi connectivity index (χ2n) is 18.9. The Kier molecular flexibility index (Phi) is 26.2. The van der Waals surface area contributed by atoms with Crippen molar-refractivity contribution in [1.29, 1.82) is 0 Å². The fourth-order valence-electron chi connectivity index (χ4n) is 7.40. The quantitative estimate of drug-likeness (QED) is 0.0379. The van der Waals surface area contributed by atoms with E-state index in [2.05, 4.69) is 22.5 Å². The third-order valence-electron chi connectivity index (χ3n) is 11.6. The molecule has 6 amide bonds. The van der Waals surface area contributed by atoms with Gasteiger partial charge in [0.2, 0.25) is 23.6 Å². The molecule has 1 aromatic carbocycles. The first kappa shape index (κ1) is 65.7. The van der Waals surface area contributed by atoms with E-state index in [9.17, 15) is 67.4 Å². The Labute approximate surface area is 432 Å². The number of amides is 6. The van der Waals surface area contributed by atoms with Crippen LogP contribution < -0.4 is 16.0 Å². The van der Waals surface area contributed by atoms with Gasteiger partial charge in [0, 0.05) is 48.0 Å². The highest BCUT2D eigenvalue weighted by atomic mass is 31.2. The van der Waals surface area contributed by atoms with E-state index in [0.717, 1.165) is 28.7 Å². The molecule has 0 aromatic heterocycles. The average Bonchev–Trinajstić information content (AvgIpc) is 3.30. The predicted molar refractivity (Wildman–Crippen MR) is 266 cm³/mol. The lowest BCUT2D eigenvalue weighted by Gasteiger charge is -2.37. The molecule has 1 rings (SSSR count). The van der Waals surface area contributed by atoms with Crippen LogP contribution in [0.1, 0.15) is 88.1 Å². The van der Waals surface area contributed by atoms with E-state index < -0.39 is 145 Å². The Bertz CT molecular complexity index is 2280. The third kappa shape index (κ3) is 20.2. The predicted octanol–water partition coefficient (Wildman–Crippen LogP) is 1.87. The van der Waals surface area contributed by atoms with Crippen molar-refractivity contribution in [3.05, 3.63) is 59.9 Å². The number of phosphoric ester groups is 1. The number of allylic oxidation sites excluding steroid dienone is 1. The zero-order valence-electron chi connectivity index (χ0n) is 44.8. The second kappa shape index (κ2) is 29.5. The van der Waals surface area contributed by atoms with Crippen LogP contribution in [0, 0.1) is 23.7 Å². The van der Waals surface area contributed by atoms with E-state index in [-0.39, 0.29) is 18.0 Å². The SMILES string of the molecule is C=C(C(=O)N[C@@H](C)C(=O)N(C)[C@@H](C)C(=O)N[C@H](C(=O)N(C)[C@H](C(=O)O)[C@@H](C)OC)[C@H](OC(=O)[C@@H](CC(C)=O)[C@H](OP(=O)(O)O)C(C)C)C(C)C)N(C)C(=O)[C@@H](Cc1ccccc1)OC(=O)/C(=C/C(C)C)NC(C)=O. The summed E-state index contributed by atoms with van der Waals surface area (Å²) < 4.78 is 33.6. The van der Waals surface area contributed by atoms with E-state index in [0.29, 0.717) is 5.56 Å². The normalized spacial score (nSPS) is 15.4. The molecule has 414 valence electrons. The van der Waals surface area contributed by atoms with E-state index in [1.54, 1.807) is 44.2 Å². The van der Waals surface area contributed by atoms with E-state index >= 15 is 0 Å². The van der Waals surface area contributed by atoms with Gasteiger partial charge in [0.1, 0.15) is 41.4 Å². The molecule has 0 radical (unpaired) electrons. The first-order valence-electron chi connectivity index (χ1n) is 23.6. The number of methoxy groups -OCH3 is 1. The number of rotatable bonds is 29. The summed E-state index contributed by atoms with van der Waals surface area (Å²) in [5.41, 5.74) is -0.117. The average molecular weight is 1070 g/mol. The number of carboxylic acid groups (broad SMARTS) is 1. The topological polar surface area (TPSA) is 331 Å². The first-order chi connectivity index (χ1) is 34.1. The highest BCUT2D eigenvalue weighted by Crippen LogP contribution is 2.42. The maximum absolute atomic E-state index is 14.5. The summed E-state index contributed by atoms with van der Waals surface area (Å²) in [5.74, 6) is -13.4. The zero-order chi connectivity index (χ0) is 57.3. The minimum absolute atomic E-state index is 0.151. The van der Waals surface area contributed by atoms with Gasteiger partial charge >= 0.3 is 25.7 Å². The van der Waals surface area contributed by atoms with Crippen molar-refractivity contribution in [2.45, 2.75) is 138 Å². The van der Waals surface area contributed by atoms with Crippen molar-refractivity contribution in [1.82, 2.24) is 30.7 Å². The molecular weight excluding hydrogens is 992 g/mol. The van der Waals surface area contributed by atoms with Crippen molar-refractivity contribution >= 4 is 67.0 Å². The zero-order valence-corrected chi connectivity index (χ0v) is 45.7. The minimum Gasteiger partial charge on any atom is -0.480 e. The molecule has 74 heavy (non-hydrogen) atoms. The number of esters is 2. The molecule has 0 saturated carbocycles. The number of nitrogens with zero attached hydrogens (tertiary/aromatic N) is 3. The first-order valence-corrected chi connectivity index (χ1v) is 25.2. The summed E-state index contributed by atoms with van der Waals surface area (Å²) in [6.45, 7) is 19.3. The lowest BCUT2D eigenvalue weighted by Crippen LogP contribution is -2.63. The molecule has 0 saturated heterocycles. The number of ketones is 1. The van der Waals surface area contributed by atoms with Gasteiger partial charge in [-0.1, -0.05) is 84.5 Å². The number of carbonyl (C=O) groups excluding carboxylic acids is 9. The molecule has 6 N–H and O–H groups in total. The Balaban J connectivity index is 3.59. The highest BCUT2D eigenvalue weighted by molar-refractivity contribution is 7.46. The molecule has 0 bridgehead atoms. The molecule has 0 aliphatic heterocycles. The molecule has 9 atom stereocenters. The van der Waals surface area contributed by atoms with Crippen LogP contribution in [0.15, 0.2) is 54.4 Å². The molecule has 25 heteroatoms. The second-order valence-corrected chi connectivity index (χ2v) is 20.1. The minimum atomic E-state index is -5.26. The smallest absolute Gasteiger partial charge is 0.469 e. The summed E-state index contributed by atoms with van der Waals surface area (Å²) >= 11 is 0. The monoisotopic (exact) mass is 1070 g/mol. The number of ether oxygens (including phenoxy) is 3. The van der Waals surface area contributed by atoms with Gasteiger partial charge in [-0.05, 0) is 51.0 Å². The van der Waals surface area contributed by atoms with Crippen molar-refractivity contribution in [3.8, 4) is 0 Å². The number of Topliss-reactive ketones (excluding diaryl/α,β-unsaturated/α-hetero) is 1. The molecule has 0 unspecified atom stereocenters. The maximum atomic E-state index is 14.5. The van der Waals surface area contributed by atoms with Crippen molar-refractivity contribution in [2.75, 3.05) is 28.3 Å². The molecule has 0 fully saturated rings. The summed E-state index contributed by atoms with van der Waals surface area (Å²) in [6, 6.07) is 1.98. The van der Waals surface area contributed by atoms with Crippen LogP contribution in [0.3, 0.4) is 0 Å². The van der Waals surface area contributed by atoms with E-state index in [1.165, 1.54) is 82.7 Å². The van der Waals surface area contributed by atoms with Gasteiger partial charge < -0.3 is 64.5 Å². The van der Waals surface area contributed by atoms with E-state index in [4.69, 9.17) is 18.7 Å². The third-order valence-corrected chi connectivity index (χ3v) is 12.1. The summed E-state index contributed by atoms with van der Waals surface area (Å²) in [6.07, 6.45) is -5.26. The Hall–Kier alpha value is -6.33. The standard InChI is InChI=1S/C49H75N6O18P/c1-25(2)22-36(51-33(12)57)49(66)71-37(24-34-20-18-17-19-21-34)45(61)54(14)30(9)42(58)50-29(8)44(60)53(13)31(10)43(59)52-38(46(62)55(15)39(47(63)64)32(11)70-16)41(27(5)6)72-48(65)35(23-28(7)56)40(26(3)4)73-74(67,68)69/h17-22,25-27,29,31-32,35,37-41H,9,23-24H2,1-8,10-16H3,(H,50,58)(H,51,57)(H,52,59)(H,63,64)(H2,67,68,69)/b36-22-/t29-,31-,32+,35-,37+,38-,39-,40+,41+/m0/s1. The number of carboxylic acids is 1. The van der Waals surface area contributed by atoms with Gasteiger partial charge in [0.05, 0.1) is 18.1 Å². The van der Waals surface area contributed by atoms with Crippen LogP contribution in [0.25, 0.3) is 0 Å². The van der Waals surface area contributed by atoms with Gasteiger partial charge in [-0.3, -0.25) is 38.1 Å². The van der Waals surface area contributed by atoms with Crippen LogP contribution >= 0.6 is 7.82 Å². The molecule has 0 heterocycles. The molecule has 0 spiro atoms. The van der Waals surface area contributed by atoms with Gasteiger partial charge in [-0.25, -0.2) is 14.2 Å². The van der Waals surface area contributed by atoms with Gasteiger partial charge in [-0.15, -0.1) is 0 Å². The fraction of sp³-hybridized carbons (Fsp3) is 0.592. The lowest BCUT2D eigenvalue weighted by molar-refractivity contribution is -0.169. The summed E-state index contributed by atoms with van der Waals surface area (Å²) in [7, 11) is -0.582. The lowest BCUT2D eigenvalue weighted by atomic mass is 9.89. The Morgan fingerprint density at radius 2 is 1.32 bits per heavy atom. The van der Waals surface area contributed by atoms with Crippen LogP contribution in [0.4, 0.5) is 0 Å². The summed E-state index contributed by atoms with van der Waals surface area (Å²) in [4.78, 5) is 156. The van der Waals surface area contributed by atoms with Crippen LogP contribution in [-0.2, 0) is 77.7 Å². The molecule has 24 nitrogen and oxygen atoms in total. The van der Waals surface area contributed by atoms with Gasteiger partial charge in [0.15, 0.2) is 12.1 Å². The van der Waals surface area contributed by atoms with Crippen LogP contribution in [0.2, 0.25) is 0 Å². The van der Waals surface area contributed by atoms with Crippen LogP contribution in [-0.4, -0.2) is 166 Å². The number of likely N-dealkylation sites (N-methyl/N-ethyl adjacent to an activating group) is 3. The largest absolute Gasteiger partial charge is 0.480 e. The molecule has 1 aromatic rings. The molecule has 0 aliphatic carbocycles. The van der Waals surface area contributed by atoms with Gasteiger partial charge in [0.25, 0.3) is 11.8 Å². The van der Waals surface area contributed by atoms with Crippen LogP contribution in [0.5, 0.6) is 0 Å². The van der Waals surface area contributed by atoms with Crippen molar-refractivity contribution in [3.63, 3.8) is 0 Å². The summed E-state index contributed by atoms with van der Waals surface area (Å²) in [5, 5.41) is 17.4. The highest BCUT2D eigenvalue weighted by Gasteiger charge is 2.45. The fourth-order valence-corrected chi connectivity index (χ4v) is 8.10. The van der Waals surface area contributed by atoms with Gasteiger partial charge in [-0.2, -0.15) is 0 Å². The van der Waals surface area contributed by atoms with E-state index in [1.807, 2.05) is 0 Å². The number of benzene rings is 1. The number of hydrogen-bond donors (Lipinski definition) is 6. The number of aliphatic carboxylic acids is 1. The number of hydrogen-bond acceptors (Lipinski definition) is 15. The van der Waals surface area contributed by atoms with Crippen molar-refractivity contribution in [2.24, 2.45) is 23.7 Å². The Morgan fingerprint density at radius 1 is 0.770 bits per heavy atom. The molecule has 0 aliphatic rings.